The summed E-state index contributed by atoms with van der Waals surface area (Å²) in [6, 6.07) is 9.47. The Bertz CT molecular complexity index is 545. The van der Waals surface area contributed by atoms with Crippen molar-refractivity contribution in [2.45, 2.75) is 19.9 Å². The molecule has 2 rings (SSSR count). The number of carbonyl (C=O) groups excluding carboxylic acids is 1. The summed E-state index contributed by atoms with van der Waals surface area (Å²) in [4.78, 5) is 12.8. The van der Waals surface area contributed by atoms with Gasteiger partial charge in [-0.1, -0.05) is 12.1 Å². The van der Waals surface area contributed by atoms with Crippen LogP contribution in [0.3, 0.4) is 0 Å². The fourth-order valence-electron chi connectivity index (χ4n) is 1.74. The zero-order chi connectivity index (χ0) is 13.1. The highest BCUT2D eigenvalue weighted by atomic mass is 32.1. The van der Waals surface area contributed by atoms with Crippen LogP contribution in [0.4, 0.5) is 5.69 Å². The molecule has 0 aliphatic heterocycles. The summed E-state index contributed by atoms with van der Waals surface area (Å²) in [5.41, 5.74) is 8.43. The number of benzene rings is 1. The van der Waals surface area contributed by atoms with Crippen molar-refractivity contribution in [3.63, 3.8) is 0 Å². The monoisotopic (exact) mass is 260 g/mol. The van der Waals surface area contributed by atoms with Gasteiger partial charge in [-0.3, -0.25) is 4.79 Å². The number of thiophene rings is 1. The van der Waals surface area contributed by atoms with Crippen molar-refractivity contribution in [2.75, 3.05) is 5.73 Å². The maximum atomic E-state index is 12.1. The van der Waals surface area contributed by atoms with E-state index >= 15 is 0 Å². The molecule has 4 heteroatoms. The van der Waals surface area contributed by atoms with Crippen molar-refractivity contribution in [3.8, 4) is 0 Å². The van der Waals surface area contributed by atoms with E-state index in [1.165, 1.54) is 11.3 Å². The number of nitrogens with two attached hydrogens (primary N) is 1. The minimum atomic E-state index is -0.0281. The first kappa shape index (κ1) is 12.6. The summed E-state index contributed by atoms with van der Waals surface area (Å²) >= 11 is 1.47. The zero-order valence-corrected chi connectivity index (χ0v) is 11.3. The van der Waals surface area contributed by atoms with Gasteiger partial charge in [-0.2, -0.15) is 0 Å². The number of rotatable bonds is 3. The topological polar surface area (TPSA) is 55.1 Å². The van der Waals surface area contributed by atoms with E-state index in [0.29, 0.717) is 0 Å². The van der Waals surface area contributed by atoms with Crippen molar-refractivity contribution < 1.29 is 4.79 Å². The van der Waals surface area contributed by atoms with Gasteiger partial charge in [-0.05, 0) is 48.6 Å². The number of nitrogen functional groups attached to an aromatic ring is 1. The van der Waals surface area contributed by atoms with Gasteiger partial charge in [-0.25, -0.2) is 0 Å². The molecule has 0 spiro atoms. The Labute approximate surface area is 111 Å². The molecule has 0 bridgehead atoms. The molecule has 0 saturated carbocycles. The largest absolute Gasteiger partial charge is 0.399 e. The summed E-state index contributed by atoms with van der Waals surface area (Å²) < 4.78 is 0. The van der Waals surface area contributed by atoms with Gasteiger partial charge >= 0.3 is 0 Å². The predicted octanol–water partition coefficient (Wildman–Crippen LogP) is 3.13. The third kappa shape index (κ3) is 2.71. The first-order valence-corrected chi connectivity index (χ1v) is 6.66. The molecule has 1 heterocycles. The highest BCUT2D eigenvalue weighted by Crippen LogP contribution is 2.18. The van der Waals surface area contributed by atoms with Gasteiger partial charge in [0.1, 0.15) is 0 Å². The van der Waals surface area contributed by atoms with Crippen LogP contribution in [-0.2, 0) is 0 Å². The molecule has 0 saturated heterocycles. The Morgan fingerprint density at radius 2 is 1.94 bits per heavy atom. The Hall–Kier alpha value is -1.81. The second-order valence-electron chi connectivity index (χ2n) is 4.29. The Morgan fingerprint density at radius 1 is 1.28 bits per heavy atom. The van der Waals surface area contributed by atoms with E-state index in [1.54, 1.807) is 0 Å². The molecule has 1 unspecified atom stereocenters. The molecule has 3 nitrogen and oxygen atoms in total. The number of carbonyl (C=O) groups is 1. The van der Waals surface area contributed by atoms with Crippen LogP contribution in [0, 0.1) is 6.92 Å². The molecule has 1 aromatic carbocycles. The van der Waals surface area contributed by atoms with E-state index in [9.17, 15) is 4.79 Å². The number of hydrogen-bond donors (Lipinski definition) is 2. The molecule has 0 radical (unpaired) electrons. The van der Waals surface area contributed by atoms with Gasteiger partial charge in [-0.15, -0.1) is 11.3 Å². The SMILES string of the molecule is Cc1ccsc1C(=O)NC(C)c1ccc(N)cc1. The number of amides is 1. The maximum Gasteiger partial charge on any atom is 0.262 e. The smallest absolute Gasteiger partial charge is 0.262 e. The molecule has 3 N–H and O–H groups in total. The average Bonchev–Trinajstić information content (AvgIpc) is 2.76. The van der Waals surface area contributed by atoms with E-state index < -0.39 is 0 Å². The average molecular weight is 260 g/mol. The predicted molar refractivity (Wildman–Crippen MR) is 75.8 cm³/mol. The first-order chi connectivity index (χ1) is 8.58. The summed E-state index contributed by atoms with van der Waals surface area (Å²) in [5, 5.41) is 4.92. The van der Waals surface area contributed by atoms with Crippen LogP contribution < -0.4 is 11.1 Å². The molecule has 1 aromatic heterocycles. The molecule has 94 valence electrons. The van der Waals surface area contributed by atoms with Gasteiger partial charge in [0.25, 0.3) is 5.91 Å². The Kier molecular flexibility index (Phi) is 3.67. The van der Waals surface area contributed by atoms with Crippen LogP contribution in [0.25, 0.3) is 0 Å². The lowest BCUT2D eigenvalue weighted by molar-refractivity contribution is 0.0943. The van der Waals surface area contributed by atoms with Gasteiger partial charge in [0.05, 0.1) is 10.9 Å². The molecule has 0 aliphatic rings. The molecular formula is C14H16N2OS. The lowest BCUT2D eigenvalue weighted by atomic mass is 10.1. The summed E-state index contributed by atoms with van der Waals surface area (Å²) in [7, 11) is 0. The number of aryl methyl sites for hydroxylation is 1. The van der Waals surface area contributed by atoms with Crippen LogP contribution in [0.1, 0.15) is 33.8 Å². The lowest BCUT2D eigenvalue weighted by Gasteiger charge is -2.14. The van der Waals surface area contributed by atoms with E-state index in [1.807, 2.05) is 49.6 Å². The maximum absolute atomic E-state index is 12.1. The van der Waals surface area contributed by atoms with Crippen LogP contribution in [0.2, 0.25) is 0 Å². The quantitative estimate of drug-likeness (QED) is 0.833. The minimum absolute atomic E-state index is 0.0215. The van der Waals surface area contributed by atoms with Crippen molar-refractivity contribution in [1.29, 1.82) is 0 Å². The lowest BCUT2D eigenvalue weighted by Crippen LogP contribution is -2.26. The van der Waals surface area contributed by atoms with Crippen molar-refractivity contribution in [1.82, 2.24) is 5.32 Å². The fraction of sp³-hybridized carbons (Fsp3) is 0.214. The molecule has 1 atom stereocenters. The van der Waals surface area contributed by atoms with E-state index in [-0.39, 0.29) is 11.9 Å². The highest BCUT2D eigenvalue weighted by molar-refractivity contribution is 7.12. The normalized spacial score (nSPS) is 12.1. The van der Waals surface area contributed by atoms with Crippen LogP contribution in [0.15, 0.2) is 35.7 Å². The van der Waals surface area contributed by atoms with Gasteiger partial charge in [0.15, 0.2) is 0 Å². The van der Waals surface area contributed by atoms with Crippen molar-refractivity contribution in [3.05, 3.63) is 51.7 Å². The van der Waals surface area contributed by atoms with E-state index in [2.05, 4.69) is 5.32 Å². The highest BCUT2D eigenvalue weighted by Gasteiger charge is 2.14. The molecule has 1 amide bonds. The van der Waals surface area contributed by atoms with Crippen LogP contribution in [-0.4, -0.2) is 5.91 Å². The van der Waals surface area contributed by atoms with Crippen LogP contribution >= 0.6 is 11.3 Å². The van der Waals surface area contributed by atoms with Gasteiger partial charge in [0, 0.05) is 5.69 Å². The number of anilines is 1. The minimum Gasteiger partial charge on any atom is -0.399 e. The van der Waals surface area contributed by atoms with Crippen molar-refractivity contribution in [2.24, 2.45) is 0 Å². The second kappa shape index (κ2) is 5.23. The van der Waals surface area contributed by atoms with E-state index in [4.69, 9.17) is 5.73 Å². The van der Waals surface area contributed by atoms with E-state index in [0.717, 1.165) is 21.7 Å². The number of nitrogens with one attached hydrogen (secondary N) is 1. The molecule has 0 fully saturated rings. The number of hydrogen-bond acceptors (Lipinski definition) is 3. The molecule has 2 aromatic rings. The summed E-state index contributed by atoms with van der Waals surface area (Å²) in [5.74, 6) is -0.0215. The fourth-order valence-corrected chi connectivity index (χ4v) is 2.56. The molecule has 18 heavy (non-hydrogen) atoms. The van der Waals surface area contributed by atoms with Crippen molar-refractivity contribution >= 4 is 22.9 Å². The summed E-state index contributed by atoms with van der Waals surface area (Å²) in [6.45, 7) is 3.91. The molecule has 0 aliphatic carbocycles. The second-order valence-corrected chi connectivity index (χ2v) is 5.21. The third-order valence-electron chi connectivity index (χ3n) is 2.85. The van der Waals surface area contributed by atoms with Gasteiger partial charge in [0.2, 0.25) is 0 Å². The Balaban J connectivity index is 2.08. The zero-order valence-electron chi connectivity index (χ0n) is 10.4. The van der Waals surface area contributed by atoms with Gasteiger partial charge < -0.3 is 11.1 Å². The van der Waals surface area contributed by atoms with Crippen LogP contribution in [0.5, 0.6) is 0 Å². The standard InChI is InChI=1S/C14H16N2OS/c1-9-7-8-18-13(9)14(17)16-10(2)11-3-5-12(15)6-4-11/h3-8,10H,15H2,1-2H3,(H,16,17). The third-order valence-corrected chi connectivity index (χ3v) is 3.87. The Morgan fingerprint density at radius 3 is 2.50 bits per heavy atom. The summed E-state index contributed by atoms with van der Waals surface area (Å²) in [6.07, 6.45) is 0. The first-order valence-electron chi connectivity index (χ1n) is 5.78. The molecular weight excluding hydrogens is 244 g/mol.